The summed E-state index contributed by atoms with van der Waals surface area (Å²) in [5.74, 6) is -0.0122. The van der Waals surface area contributed by atoms with Crippen LogP contribution in [0.4, 0.5) is 0 Å². The number of amides is 3. The Morgan fingerprint density at radius 1 is 1.13 bits per heavy atom. The van der Waals surface area contributed by atoms with Crippen LogP contribution in [0.15, 0.2) is 36.5 Å². The second kappa shape index (κ2) is 8.66. The zero-order valence-corrected chi connectivity index (χ0v) is 21.5. The third kappa shape index (κ3) is 3.71. The molecule has 5 heterocycles. The van der Waals surface area contributed by atoms with Crippen molar-refractivity contribution in [3.8, 4) is 5.75 Å². The van der Waals surface area contributed by atoms with Gasteiger partial charge < -0.3 is 9.64 Å². The second-order valence-electron chi connectivity index (χ2n) is 11.1. The third-order valence-corrected chi connectivity index (χ3v) is 8.86. The average Bonchev–Trinajstić information content (AvgIpc) is 3.58. The Bertz CT molecular complexity index is 1490. The minimum absolute atomic E-state index is 0.0458. The van der Waals surface area contributed by atoms with Crippen molar-refractivity contribution < 1.29 is 19.1 Å². The molecule has 9 heteroatoms. The molecule has 2 fully saturated rings. The molecule has 9 nitrogen and oxygen atoms in total. The van der Waals surface area contributed by atoms with Gasteiger partial charge in [-0.25, -0.2) is 0 Å². The zero-order chi connectivity index (χ0) is 26.0. The molecule has 2 aromatic carbocycles. The van der Waals surface area contributed by atoms with Crippen molar-refractivity contribution in [1.82, 2.24) is 24.9 Å². The fourth-order valence-electron chi connectivity index (χ4n) is 6.61. The number of aromatic nitrogens is 2. The number of carbonyl (C=O) groups excluding carboxylic acids is 3. The van der Waals surface area contributed by atoms with Gasteiger partial charge in [0.2, 0.25) is 11.8 Å². The highest BCUT2D eigenvalue weighted by Crippen LogP contribution is 2.48. The molecular formula is C29H31N5O4. The lowest BCUT2D eigenvalue weighted by molar-refractivity contribution is -0.136. The predicted molar refractivity (Wildman–Crippen MR) is 140 cm³/mol. The number of carbonyl (C=O) groups is 3. The summed E-state index contributed by atoms with van der Waals surface area (Å²) in [4.78, 5) is 41.3. The van der Waals surface area contributed by atoms with Crippen molar-refractivity contribution in [2.24, 2.45) is 0 Å². The first-order chi connectivity index (χ1) is 18.4. The van der Waals surface area contributed by atoms with Gasteiger partial charge in [0.25, 0.3) is 5.91 Å². The van der Waals surface area contributed by atoms with E-state index in [0.717, 1.165) is 55.9 Å². The van der Waals surface area contributed by atoms with Crippen molar-refractivity contribution in [2.45, 2.75) is 63.7 Å². The minimum atomic E-state index is -0.601. The van der Waals surface area contributed by atoms with Gasteiger partial charge in [0.15, 0.2) is 0 Å². The number of piperidine rings is 2. The minimum Gasteiger partial charge on any atom is -0.492 e. The number of aryl methyl sites for hydroxylation is 1. The van der Waals surface area contributed by atoms with Gasteiger partial charge in [-0.3, -0.25) is 29.3 Å². The summed E-state index contributed by atoms with van der Waals surface area (Å²) in [5, 5.41) is 8.21. The summed E-state index contributed by atoms with van der Waals surface area (Å²) in [5.41, 5.74) is 5.04. The first-order valence-electron chi connectivity index (χ1n) is 13.6. The van der Waals surface area contributed by atoms with Crippen LogP contribution in [-0.4, -0.2) is 63.0 Å². The van der Waals surface area contributed by atoms with E-state index in [1.807, 2.05) is 10.7 Å². The molecule has 1 aromatic heterocycles. The maximum absolute atomic E-state index is 13.2. The lowest BCUT2D eigenvalue weighted by Gasteiger charge is -2.38. The number of ether oxygens (including phenoxy) is 1. The van der Waals surface area contributed by atoms with Crippen molar-refractivity contribution in [2.75, 3.05) is 19.7 Å². The number of nitrogens with one attached hydrogen (secondary N) is 1. The van der Waals surface area contributed by atoms with Crippen LogP contribution in [0.3, 0.4) is 0 Å². The van der Waals surface area contributed by atoms with E-state index in [1.54, 1.807) is 4.90 Å². The van der Waals surface area contributed by atoms with Crippen molar-refractivity contribution >= 4 is 28.6 Å². The summed E-state index contributed by atoms with van der Waals surface area (Å²) in [6, 6.07) is 10.00. The number of hydrogen-bond acceptors (Lipinski definition) is 6. The van der Waals surface area contributed by atoms with Crippen LogP contribution in [0.1, 0.15) is 59.7 Å². The maximum Gasteiger partial charge on any atom is 0.255 e. The van der Waals surface area contributed by atoms with Crippen LogP contribution in [0.5, 0.6) is 5.75 Å². The number of rotatable bonds is 4. The monoisotopic (exact) mass is 513 g/mol. The molecule has 0 radical (unpaired) electrons. The fourth-order valence-corrected chi connectivity index (χ4v) is 6.61. The molecule has 1 atom stereocenters. The molecule has 2 saturated heterocycles. The lowest BCUT2D eigenvalue weighted by Crippen LogP contribution is -2.52. The SMILES string of the molecule is CCn1cc2ccc(CN3CCC4(CC3)COc3cc5c(cc34)CN(C3CCC(=O)NC3=O)C5=O)cc2n1. The highest BCUT2D eigenvalue weighted by molar-refractivity contribution is 6.05. The first-order valence-corrected chi connectivity index (χ1v) is 13.6. The van der Waals surface area contributed by atoms with Crippen LogP contribution in [-0.2, 0) is 34.6 Å². The largest absolute Gasteiger partial charge is 0.492 e. The Morgan fingerprint density at radius 3 is 2.76 bits per heavy atom. The molecule has 0 bridgehead atoms. The number of nitrogens with zero attached hydrogens (tertiary/aromatic N) is 4. The molecule has 196 valence electrons. The van der Waals surface area contributed by atoms with Crippen LogP contribution < -0.4 is 10.1 Å². The summed E-state index contributed by atoms with van der Waals surface area (Å²) >= 11 is 0. The van der Waals surface area contributed by atoms with Gasteiger partial charge in [-0.2, -0.15) is 5.10 Å². The van der Waals surface area contributed by atoms with Crippen molar-refractivity contribution in [1.29, 1.82) is 0 Å². The molecule has 1 unspecified atom stereocenters. The number of fused-ring (bicyclic) bond motifs is 4. The van der Waals surface area contributed by atoms with Gasteiger partial charge in [0.05, 0.1) is 12.1 Å². The molecule has 4 aliphatic rings. The van der Waals surface area contributed by atoms with Gasteiger partial charge in [0.1, 0.15) is 11.8 Å². The second-order valence-corrected chi connectivity index (χ2v) is 11.1. The van der Waals surface area contributed by atoms with Crippen molar-refractivity contribution in [3.63, 3.8) is 0 Å². The maximum atomic E-state index is 13.2. The van der Waals surface area contributed by atoms with Crippen LogP contribution in [0.25, 0.3) is 10.9 Å². The number of imide groups is 1. The normalized spacial score (nSPS) is 22.6. The summed E-state index contributed by atoms with van der Waals surface area (Å²) in [6.07, 6.45) is 4.71. The lowest BCUT2D eigenvalue weighted by atomic mass is 9.74. The van der Waals surface area contributed by atoms with E-state index in [-0.39, 0.29) is 29.6 Å². The van der Waals surface area contributed by atoms with E-state index in [0.29, 0.717) is 25.1 Å². The van der Waals surface area contributed by atoms with E-state index in [1.165, 1.54) is 16.5 Å². The third-order valence-electron chi connectivity index (χ3n) is 8.86. The Morgan fingerprint density at radius 2 is 1.97 bits per heavy atom. The van der Waals surface area contributed by atoms with Gasteiger partial charge in [-0.05, 0) is 68.6 Å². The quantitative estimate of drug-likeness (QED) is 0.539. The Balaban J connectivity index is 1.06. The molecule has 3 amide bonds. The van der Waals surface area contributed by atoms with Crippen LogP contribution in [0.2, 0.25) is 0 Å². The zero-order valence-electron chi connectivity index (χ0n) is 21.5. The van der Waals surface area contributed by atoms with Gasteiger partial charge in [-0.15, -0.1) is 0 Å². The van der Waals surface area contributed by atoms with Gasteiger partial charge in [0, 0.05) is 54.2 Å². The molecule has 4 aliphatic heterocycles. The van der Waals surface area contributed by atoms with E-state index in [4.69, 9.17) is 4.74 Å². The Labute approximate surface area is 220 Å². The van der Waals surface area contributed by atoms with E-state index >= 15 is 0 Å². The summed E-state index contributed by atoms with van der Waals surface area (Å²) < 4.78 is 8.15. The summed E-state index contributed by atoms with van der Waals surface area (Å²) in [7, 11) is 0. The average molecular weight is 514 g/mol. The standard InChI is InChI=1S/C29H31N5O4/c1-2-33-15-19-4-3-18(11-23(19)31-33)14-32-9-7-29(8-10-32)17-38-25-13-21-20(12-22(25)29)16-34(28(21)37)24-5-6-26(35)30-27(24)36/h3-4,11-13,15,24H,2,5-10,14,16-17H2,1H3,(H,30,35,36). The molecular weight excluding hydrogens is 482 g/mol. The first kappa shape index (κ1) is 23.4. The molecule has 38 heavy (non-hydrogen) atoms. The molecule has 3 aromatic rings. The van der Waals surface area contributed by atoms with E-state index in [2.05, 4.69) is 52.7 Å². The molecule has 0 aliphatic carbocycles. The van der Waals surface area contributed by atoms with Crippen molar-refractivity contribution in [3.05, 3.63) is 58.8 Å². The highest BCUT2D eigenvalue weighted by Gasteiger charge is 2.46. The highest BCUT2D eigenvalue weighted by atomic mass is 16.5. The van der Waals surface area contributed by atoms with Crippen LogP contribution >= 0.6 is 0 Å². The molecule has 1 spiro atoms. The molecule has 7 rings (SSSR count). The van der Waals surface area contributed by atoms with E-state index in [9.17, 15) is 14.4 Å². The summed E-state index contributed by atoms with van der Waals surface area (Å²) in [6.45, 7) is 6.86. The number of likely N-dealkylation sites (tertiary alicyclic amines) is 1. The molecule has 0 saturated carbocycles. The van der Waals surface area contributed by atoms with Crippen LogP contribution in [0, 0.1) is 0 Å². The number of benzene rings is 2. The topological polar surface area (TPSA) is 96.8 Å². The Kier molecular flexibility index (Phi) is 5.33. The molecule has 1 N–H and O–H groups in total. The predicted octanol–water partition coefficient (Wildman–Crippen LogP) is 2.74. The smallest absolute Gasteiger partial charge is 0.255 e. The van der Waals surface area contributed by atoms with E-state index < -0.39 is 6.04 Å². The van der Waals surface area contributed by atoms with Gasteiger partial charge >= 0.3 is 0 Å². The van der Waals surface area contributed by atoms with Gasteiger partial charge in [-0.1, -0.05) is 12.1 Å². The number of hydrogen-bond donors (Lipinski definition) is 1. The Hall–Kier alpha value is -3.72. The fraction of sp³-hybridized carbons (Fsp3) is 0.448.